The van der Waals surface area contributed by atoms with E-state index in [1.54, 1.807) is 19.2 Å². The SMILES string of the molecule is COCC1(OC(=O)c2ccccc2)c2ccccc2-c2cccc(C)c21. The van der Waals surface area contributed by atoms with Gasteiger partial charge in [0.1, 0.15) is 0 Å². The lowest BCUT2D eigenvalue weighted by molar-refractivity contribution is -0.0359. The first kappa shape index (κ1) is 16.6. The summed E-state index contributed by atoms with van der Waals surface area (Å²) in [4.78, 5) is 12.9. The van der Waals surface area contributed by atoms with Gasteiger partial charge in [0.05, 0.1) is 12.2 Å². The summed E-state index contributed by atoms with van der Waals surface area (Å²) in [6, 6.07) is 23.3. The number of fused-ring (bicyclic) bond motifs is 3. The summed E-state index contributed by atoms with van der Waals surface area (Å²) in [5.41, 5.74) is 4.82. The quantitative estimate of drug-likeness (QED) is 0.642. The minimum Gasteiger partial charge on any atom is -0.443 e. The van der Waals surface area contributed by atoms with Gasteiger partial charge in [-0.15, -0.1) is 0 Å². The Morgan fingerprint density at radius 2 is 1.58 bits per heavy atom. The fourth-order valence-electron chi connectivity index (χ4n) is 3.91. The second-order valence-corrected chi connectivity index (χ2v) is 6.56. The molecule has 0 bridgehead atoms. The van der Waals surface area contributed by atoms with E-state index in [4.69, 9.17) is 9.47 Å². The van der Waals surface area contributed by atoms with Gasteiger partial charge in [0.25, 0.3) is 0 Å². The molecule has 0 amide bonds. The Balaban J connectivity index is 1.91. The maximum absolute atomic E-state index is 12.9. The molecule has 0 radical (unpaired) electrons. The minimum absolute atomic E-state index is 0.264. The fraction of sp³-hybridized carbons (Fsp3) is 0.174. The van der Waals surface area contributed by atoms with Crippen LogP contribution in [0.5, 0.6) is 0 Å². The maximum atomic E-state index is 12.9. The van der Waals surface area contributed by atoms with Crippen LogP contribution < -0.4 is 0 Å². The van der Waals surface area contributed by atoms with Crippen molar-refractivity contribution < 1.29 is 14.3 Å². The smallest absolute Gasteiger partial charge is 0.339 e. The Hall–Kier alpha value is -2.91. The van der Waals surface area contributed by atoms with Crippen LogP contribution in [0.25, 0.3) is 11.1 Å². The second-order valence-electron chi connectivity index (χ2n) is 6.56. The number of hydrogen-bond donors (Lipinski definition) is 0. The van der Waals surface area contributed by atoms with Gasteiger partial charge in [-0.1, -0.05) is 60.7 Å². The van der Waals surface area contributed by atoms with Crippen molar-refractivity contribution in [2.45, 2.75) is 12.5 Å². The molecule has 0 saturated carbocycles. The van der Waals surface area contributed by atoms with Gasteiger partial charge in [-0.25, -0.2) is 4.79 Å². The summed E-state index contributed by atoms with van der Waals surface area (Å²) in [6.07, 6.45) is 0. The van der Waals surface area contributed by atoms with E-state index in [1.807, 2.05) is 55.5 Å². The number of aryl methyl sites for hydroxylation is 1. The first-order chi connectivity index (χ1) is 12.7. The third kappa shape index (κ3) is 2.44. The molecule has 1 unspecified atom stereocenters. The van der Waals surface area contributed by atoms with Crippen LogP contribution in [0.3, 0.4) is 0 Å². The number of esters is 1. The molecule has 4 rings (SSSR count). The Kier molecular flexibility index (Phi) is 4.09. The van der Waals surface area contributed by atoms with Crippen molar-refractivity contribution in [3.05, 3.63) is 95.1 Å². The lowest BCUT2D eigenvalue weighted by Crippen LogP contribution is -2.37. The number of methoxy groups -OCH3 is 1. The number of benzene rings is 3. The van der Waals surface area contributed by atoms with Crippen LogP contribution in [-0.4, -0.2) is 19.7 Å². The molecule has 3 aromatic carbocycles. The third-order valence-corrected chi connectivity index (χ3v) is 4.95. The maximum Gasteiger partial charge on any atom is 0.339 e. The molecule has 1 atom stereocenters. The van der Waals surface area contributed by atoms with Crippen LogP contribution in [-0.2, 0) is 15.1 Å². The molecular formula is C23H20O3. The first-order valence-electron chi connectivity index (χ1n) is 8.64. The van der Waals surface area contributed by atoms with Crippen molar-refractivity contribution in [3.8, 4) is 11.1 Å². The average molecular weight is 344 g/mol. The molecule has 0 spiro atoms. The van der Waals surface area contributed by atoms with Gasteiger partial charge in [0.15, 0.2) is 5.60 Å². The molecule has 0 aromatic heterocycles. The summed E-state index contributed by atoms with van der Waals surface area (Å²) < 4.78 is 11.8. The van der Waals surface area contributed by atoms with Crippen molar-refractivity contribution in [1.29, 1.82) is 0 Å². The summed E-state index contributed by atoms with van der Waals surface area (Å²) in [5.74, 6) is -0.353. The Morgan fingerprint density at radius 1 is 0.885 bits per heavy atom. The minimum atomic E-state index is -0.945. The van der Waals surface area contributed by atoms with Crippen LogP contribution in [0.4, 0.5) is 0 Å². The Morgan fingerprint density at radius 3 is 2.35 bits per heavy atom. The van der Waals surface area contributed by atoms with Crippen LogP contribution in [0.2, 0.25) is 0 Å². The van der Waals surface area contributed by atoms with Crippen LogP contribution in [0.15, 0.2) is 72.8 Å². The van der Waals surface area contributed by atoms with Crippen molar-refractivity contribution in [2.24, 2.45) is 0 Å². The first-order valence-corrected chi connectivity index (χ1v) is 8.64. The van der Waals surface area contributed by atoms with E-state index in [-0.39, 0.29) is 12.6 Å². The highest BCUT2D eigenvalue weighted by Gasteiger charge is 2.47. The molecule has 3 nitrogen and oxygen atoms in total. The van der Waals surface area contributed by atoms with Gasteiger partial charge >= 0.3 is 5.97 Å². The van der Waals surface area contributed by atoms with Crippen molar-refractivity contribution >= 4 is 5.97 Å². The second kappa shape index (κ2) is 6.43. The molecule has 1 aliphatic rings. The molecule has 0 saturated heterocycles. The highest BCUT2D eigenvalue weighted by atomic mass is 16.6. The van der Waals surface area contributed by atoms with Gasteiger partial charge < -0.3 is 9.47 Å². The standard InChI is InChI=1S/C23H20O3/c1-16-9-8-13-19-18-12-6-7-14-20(18)23(15-25-2,21(16)19)26-22(24)17-10-4-3-5-11-17/h3-14H,15H2,1-2H3. The van der Waals surface area contributed by atoms with E-state index in [2.05, 4.69) is 12.1 Å². The number of rotatable bonds is 4. The molecule has 3 aromatic rings. The number of carbonyl (C=O) groups excluding carboxylic acids is 1. The van der Waals surface area contributed by atoms with Crippen molar-refractivity contribution in [3.63, 3.8) is 0 Å². The summed E-state index contributed by atoms with van der Waals surface area (Å²) in [7, 11) is 1.64. The summed E-state index contributed by atoms with van der Waals surface area (Å²) in [5, 5.41) is 0. The van der Waals surface area contributed by atoms with Crippen LogP contribution >= 0.6 is 0 Å². The zero-order valence-electron chi connectivity index (χ0n) is 14.9. The highest BCUT2D eigenvalue weighted by Crippen LogP contribution is 2.51. The van der Waals surface area contributed by atoms with E-state index in [0.29, 0.717) is 5.56 Å². The molecule has 0 fully saturated rings. The predicted octanol–water partition coefficient (Wildman–Crippen LogP) is 4.72. The Bertz CT molecular complexity index is 962. The molecular weight excluding hydrogens is 324 g/mol. The van der Waals surface area contributed by atoms with E-state index in [9.17, 15) is 4.79 Å². The average Bonchev–Trinajstić information content (AvgIpc) is 2.94. The fourth-order valence-corrected chi connectivity index (χ4v) is 3.91. The molecule has 130 valence electrons. The van der Waals surface area contributed by atoms with Crippen molar-refractivity contribution in [2.75, 3.05) is 13.7 Å². The number of carbonyl (C=O) groups is 1. The summed E-state index contributed by atoms with van der Waals surface area (Å²) in [6.45, 7) is 2.31. The summed E-state index contributed by atoms with van der Waals surface area (Å²) >= 11 is 0. The monoisotopic (exact) mass is 344 g/mol. The molecule has 26 heavy (non-hydrogen) atoms. The van der Waals surface area contributed by atoms with E-state index < -0.39 is 5.60 Å². The molecule has 1 aliphatic carbocycles. The van der Waals surface area contributed by atoms with E-state index in [0.717, 1.165) is 27.8 Å². The lowest BCUT2D eigenvalue weighted by atomic mass is 9.89. The predicted molar refractivity (Wildman–Crippen MR) is 101 cm³/mol. The molecule has 0 aliphatic heterocycles. The number of hydrogen-bond acceptors (Lipinski definition) is 3. The zero-order chi connectivity index (χ0) is 18.1. The Labute approximate surface area is 153 Å². The topological polar surface area (TPSA) is 35.5 Å². The molecule has 0 N–H and O–H groups in total. The van der Waals surface area contributed by atoms with Gasteiger partial charge in [0.2, 0.25) is 0 Å². The van der Waals surface area contributed by atoms with Crippen LogP contribution in [0.1, 0.15) is 27.0 Å². The molecule has 3 heteroatoms. The zero-order valence-corrected chi connectivity index (χ0v) is 14.9. The van der Waals surface area contributed by atoms with E-state index in [1.165, 1.54) is 0 Å². The third-order valence-electron chi connectivity index (χ3n) is 4.95. The highest BCUT2D eigenvalue weighted by molar-refractivity contribution is 5.91. The lowest BCUT2D eigenvalue weighted by Gasteiger charge is -2.32. The van der Waals surface area contributed by atoms with Gasteiger partial charge in [-0.3, -0.25) is 0 Å². The van der Waals surface area contributed by atoms with Gasteiger partial charge in [-0.05, 0) is 35.7 Å². The molecule has 0 heterocycles. The van der Waals surface area contributed by atoms with E-state index >= 15 is 0 Å². The number of ether oxygens (including phenoxy) is 2. The normalized spacial score (nSPS) is 17.5. The van der Waals surface area contributed by atoms with Crippen molar-refractivity contribution in [1.82, 2.24) is 0 Å². The van der Waals surface area contributed by atoms with Crippen LogP contribution in [0, 0.1) is 6.92 Å². The van der Waals surface area contributed by atoms with Gasteiger partial charge in [0, 0.05) is 18.2 Å². The van der Waals surface area contributed by atoms with Gasteiger partial charge in [-0.2, -0.15) is 0 Å². The largest absolute Gasteiger partial charge is 0.443 e.